The van der Waals surface area contributed by atoms with Crippen LogP contribution >= 0.6 is 0 Å². The first kappa shape index (κ1) is 14.8. The zero-order valence-electron chi connectivity index (χ0n) is 13.2. The molecule has 1 aliphatic heterocycles. The van der Waals surface area contributed by atoms with E-state index < -0.39 is 16.9 Å². The molecule has 1 N–H and O–H groups in total. The number of hydrogen-bond donors (Lipinski definition) is 1. The average molecular weight is 321 g/mol. The first-order chi connectivity index (χ1) is 11.5. The summed E-state index contributed by atoms with van der Waals surface area (Å²) in [6.45, 7) is 3.96. The highest BCUT2D eigenvalue weighted by Crippen LogP contribution is 2.58. The Morgan fingerprint density at radius 2 is 2.00 bits per heavy atom. The summed E-state index contributed by atoms with van der Waals surface area (Å²) in [7, 11) is 0. The summed E-state index contributed by atoms with van der Waals surface area (Å²) in [5.41, 5.74) is -2.34. The van der Waals surface area contributed by atoms with Crippen molar-refractivity contribution in [3.05, 3.63) is 70.7 Å². The number of rotatable bonds is 2. The summed E-state index contributed by atoms with van der Waals surface area (Å²) in [5.74, 6) is 0.809. The SMILES string of the molecule is CC(C)C1=CC=C2C(=CC3(O)c4ccccc4C(=O)C23N=C=O)O1. The van der Waals surface area contributed by atoms with Crippen LogP contribution in [0.2, 0.25) is 0 Å². The highest BCUT2D eigenvalue weighted by Gasteiger charge is 2.69. The lowest BCUT2D eigenvalue weighted by molar-refractivity contribution is 0.0403. The Kier molecular flexibility index (Phi) is 2.86. The van der Waals surface area contributed by atoms with Crippen molar-refractivity contribution in [3.8, 4) is 0 Å². The molecule has 1 aromatic rings. The predicted molar refractivity (Wildman–Crippen MR) is 85.7 cm³/mol. The van der Waals surface area contributed by atoms with Crippen LogP contribution in [0.5, 0.6) is 0 Å². The predicted octanol–water partition coefficient (Wildman–Crippen LogP) is 2.54. The van der Waals surface area contributed by atoms with E-state index in [-0.39, 0.29) is 5.92 Å². The summed E-state index contributed by atoms with van der Waals surface area (Å²) >= 11 is 0. The molecule has 24 heavy (non-hydrogen) atoms. The van der Waals surface area contributed by atoms with Gasteiger partial charge in [0, 0.05) is 22.6 Å². The third-order valence-electron chi connectivity index (χ3n) is 4.88. The van der Waals surface area contributed by atoms with E-state index in [4.69, 9.17) is 4.74 Å². The molecule has 0 amide bonds. The topological polar surface area (TPSA) is 76.0 Å². The van der Waals surface area contributed by atoms with E-state index in [0.29, 0.717) is 22.5 Å². The van der Waals surface area contributed by atoms with Gasteiger partial charge in [0.05, 0.1) is 0 Å². The lowest BCUT2D eigenvalue weighted by Gasteiger charge is -2.31. The van der Waals surface area contributed by atoms with Gasteiger partial charge in [-0.05, 0) is 18.2 Å². The Hall–Kier alpha value is -2.75. The molecule has 2 aliphatic carbocycles. The largest absolute Gasteiger partial charge is 0.461 e. The smallest absolute Gasteiger partial charge is 0.236 e. The van der Waals surface area contributed by atoms with Crippen molar-refractivity contribution >= 4 is 11.9 Å². The second-order valence-electron chi connectivity index (χ2n) is 6.47. The third-order valence-corrected chi connectivity index (χ3v) is 4.88. The molecule has 2 atom stereocenters. The van der Waals surface area contributed by atoms with Crippen LogP contribution in [0.15, 0.2) is 64.6 Å². The van der Waals surface area contributed by atoms with Crippen molar-refractivity contribution in [1.82, 2.24) is 0 Å². The van der Waals surface area contributed by atoms with E-state index >= 15 is 0 Å². The van der Waals surface area contributed by atoms with Crippen molar-refractivity contribution in [1.29, 1.82) is 0 Å². The molecule has 5 nitrogen and oxygen atoms in total. The fraction of sp³-hybridized carbons (Fsp3) is 0.263. The number of nitrogens with zero attached hydrogens (tertiary/aromatic N) is 1. The number of fused-ring (bicyclic) bond motifs is 5. The molecule has 0 radical (unpaired) electrons. The molecule has 1 aromatic carbocycles. The second-order valence-corrected chi connectivity index (χ2v) is 6.47. The molecule has 0 spiro atoms. The lowest BCUT2D eigenvalue weighted by Crippen LogP contribution is -2.48. The summed E-state index contributed by atoms with van der Waals surface area (Å²) in [6.07, 6.45) is 6.41. The van der Waals surface area contributed by atoms with Crippen molar-refractivity contribution < 1.29 is 19.4 Å². The number of allylic oxidation sites excluding steroid dienone is 3. The number of hydrogen-bond acceptors (Lipinski definition) is 5. The third kappa shape index (κ3) is 1.51. The normalized spacial score (nSPS) is 29.7. The van der Waals surface area contributed by atoms with E-state index in [1.54, 1.807) is 36.4 Å². The number of isocyanates is 1. The first-order valence-electron chi connectivity index (χ1n) is 7.75. The molecule has 0 fully saturated rings. The van der Waals surface area contributed by atoms with Crippen LogP contribution in [0.3, 0.4) is 0 Å². The van der Waals surface area contributed by atoms with Gasteiger partial charge < -0.3 is 9.84 Å². The fourth-order valence-electron chi connectivity index (χ4n) is 3.72. The van der Waals surface area contributed by atoms with Gasteiger partial charge in [0.15, 0.2) is 11.4 Å². The molecule has 120 valence electrons. The Bertz CT molecular complexity index is 917. The summed E-state index contributed by atoms with van der Waals surface area (Å²) in [4.78, 5) is 28.0. The monoisotopic (exact) mass is 321 g/mol. The van der Waals surface area contributed by atoms with E-state index in [9.17, 15) is 14.7 Å². The quantitative estimate of drug-likeness (QED) is 0.671. The molecule has 2 unspecified atom stereocenters. The molecular formula is C19H15NO4. The maximum atomic E-state index is 13.1. The minimum Gasteiger partial charge on any atom is -0.461 e. The van der Waals surface area contributed by atoms with Gasteiger partial charge in [-0.3, -0.25) is 4.79 Å². The van der Waals surface area contributed by atoms with Gasteiger partial charge in [-0.15, -0.1) is 0 Å². The summed E-state index contributed by atoms with van der Waals surface area (Å²) < 4.78 is 5.86. The molecule has 3 aliphatic rings. The van der Waals surface area contributed by atoms with E-state index in [1.165, 1.54) is 12.2 Å². The second kappa shape index (κ2) is 4.63. The Morgan fingerprint density at radius 1 is 1.25 bits per heavy atom. The van der Waals surface area contributed by atoms with Crippen LogP contribution < -0.4 is 0 Å². The first-order valence-corrected chi connectivity index (χ1v) is 7.75. The highest BCUT2D eigenvalue weighted by atomic mass is 16.5. The maximum Gasteiger partial charge on any atom is 0.236 e. The van der Waals surface area contributed by atoms with Crippen molar-refractivity contribution in [3.63, 3.8) is 0 Å². The van der Waals surface area contributed by atoms with Crippen molar-refractivity contribution in [2.24, 2.45) is 10.9 Å². The molecule has 0 aromatic heterocycles. The minimum absolute atomic E-state index is 0.146. The van der Waals surface area contributed by atoms with Crippen LogP contribution in [-0.2, 0) is 15.1 Å². The standard InChI is InChI=1S/C19H15NO4/c1-11(2)15-8-7-14-16(24-15)9-18(23)13-6-4-3-5-12(13)17(22)19(14,18)20-10-21/h3-9,11,23H,1-2H3. The number of benzene rings is 1. The van der Waals surface area contributed by atoms with Gasteiger partial charge in [0.25, 0.3) is 0 Å². The number of ether oxygens (including phenoxy) is 1. The van der Waals surface area contributed by atoms with Crippen LogP contribution in [0.25, 0.3) is 0 Å². The Morgan fingerprint density at radius 3 is 2.71 bits per heavy atom. The van der Waals surface area contributed by atoms with E-state index in [0.717, 1.165) is 5.76 Å². The zero-order chi connectivity index (χ0) is 17.1. The van der Waals surface area contributed by atoms with Gasteiger partial charge in [-0.2, -0.15) is 4.99 Å². The van der Waals surface area contributed by atoms with Crippen LogP contribution in [0.4, 0.5) is 0 Å². The van der Waals surface area contributed by atoms with Gasteiger partial charge in [-0.25, -0.2) is 4.79 Å². The van der Waals surface area contributed by atoms with Crippen LogP contribution in [0.1, 0.15) is 29.8 Å². The fourth-order valence-corrected chi connectivity index (χ4v) is 3.72. The minimum atomic E-state index is -1.76. The molecule has 0 bridgehead atoms. The van der Waals surface area contributed by atoms with Crippen LogP contribution in [-0.4, -0.2) is 22.5 Å². The molecule has 4 rings (SSSR count). The van der Waals surface area contributed by atoms with Gasteiger partial charge in [-0.1, -0.05) is 38.1 Å². The number of aliphatic imine (C=N–C) groups is 1. The van der Waals surface area contributed by atoms with Crippen molar-refractivity contribution in [2.75, 3.05) is 0 Å². The Labute approximate surface area is 138 Å². The van der Waals surface area contributed by atoms with Gasteiger partial charge in [0.1, 0.15) is 11.5 Å². The number of ketones is 1. The number of carbonyl (C=O) groups is 1. The van der Waals surface area contributed by atoms with Gasteiger partial charge >= 0.3 is 0 Å². The van der Waals surface area contributed by atoms with Gasteiger partial charge in [0.2, 0.25) is 11.6 Å². The number of aliphatic hydroxyl groups is 1. The molecular weight excluding hydrogens is 306 g/mol. The Balaban J connectivity index is 2.02. The molecule has 0 saturated carbocycles. The molecule has 1 heterocycles. The molecule has 0 saturated heterocycles. The maximum absolute atomic E-state index is 13.1. The van der Waals surface area contributed by atoms with E-state index in [1.807, 2.05) is 13.8 Å². The highest BCUT2D eigenvalue weighted by molar-refractivity contribution is 6.14. The molecule has 5 heteroatoms. The summed E-state index contributed by atoms with van der Waals surface area (Å²) in [5, 5.41) is 11.4. The average Bonchev–Trinajstić information content (AvgIpc) is 2.93. The number of carbonyl (C=O) groups excluding carboxylic acids is 2. The lowest BCUT2D eigenvalue weighted by atomic mass is 9.79. The van der Waals surface area contributed by atoms with E-state index in [2.05, 4.69) is 4.99 Å². The van der Waals surface area contributed by atoms with Crippen molar-refractivity contribution in [2.45, 2.75) is 25.0 Å². The number of Topliss-reactive ketones (excluding diaryl/α,β-unsaturated/α-hetero) is 1. The summed E-state index contributed by atoms with van der Waals surface area (Å²) in [6, 6.07) is 6.75. The van der Waals surface area contributed by atoms with Crippen LogP contribution in [0, 0.1) is 5.92 Å². The zero-order valence-corrected chi connectivity index (χ0v) is 13.2.